The zero-order valence-electron chi connectivity index (χ0n) is 12.8. The lowest BCUT2D eigenvalue weighted by Crippen LogP contribution is -2.46. The Morgan fingerprint density at radius 3 is 2.67 bits per heavy atom. The number of rotatable bonds is 3. The lowest BCUT2D eigenvalue weighted by atomic mass is 9.95. The van der Waals surface area contributed by atoms with Gasteiger partial charge in [-0.25, -0.2) is 0 Å². The first-order valence-corrected chi connectivity index (χ1v) is 7.35. The van der Waals surface area contributed by atoms with Crippen LogP contribution in [-0.4, -0.2) is 46.0 Å². The van der Waals surface area contributed by atoms with Crippen LogP contribution in [0.5, 0.6) is 0 Å². The molecule has 21 heavy (non-hydrogen) atoms. The highest BCUT2D eigenvalue weighted by molar-refractivity contribution is 6.02. The number of carbonyl (C=O) groups is 2. The lowest BCUT2D eigenvalue weighted by molar-refractivity contribution is 0.0245. The summed E-state index contributed by atoms with van der Waals surface area (Å²) < 4.78 is 0. The van der Waals surface area contributed by atoms with E-state index in [2.05, 4.69) is 4.98 Å². The first-order valence-electron chi connectivity index (χ1n) is 7.35. The average Bonchev–Trinajstić information content (AvgIpc) is 2.77. The second kappa shape index (κ2) is 5.89. The molecule has 1 saturated heterocycles. The van der Waals surface area contributed by atoms with Crippen LogP contribution in [0.2, 0.25) is 0 Å². The third-order valence-corrected chi connectivity index (χ3v) is 4.31. The molecule has 1 aromatic heterocycles. The van der Waals surface area contributed by atoms with Gasteiger partial charge in [0.25, 0.3) is 11.8 Å². The number of nitrogens with two attached hydrogens (primary N) is 1. The second-order valence-corrected chi connectivity index (χ2v) is 5.78. The number of likely N-dealkylation sites (tertiary alicyclic amines) is 1. The van der Waals surface area contributed by atoms with Gasteiger partial charge >= 0.3 is 0 Å². The number of nitrogens with zero attached hydrogens (tertiary/aromatic N) is 1. The highest BCUT2D eigenvalue weighted by atomic mass is 16.3. The number of aliphatic hydroxyl groups excluding tert-OH is 1. The van der Waals surface area contributed by atoms with Crippen molar-refractivity contribution in [1.29, 1.82) is 0 Å². The van der Waals surface area contributed by atoms with Gasteiger partial charge in [0.05, 0.1) is 11.7 Å². The van der Waals surface area contributed by atoms with E-state index >= 15 is 0 Å². The summed E-state index contributed by atoms with van der Waals surface area (Å²) in [6.07, 6.45) is 0.826. The smallest absolute Gasteiger partial charge is 0.270 e. The number of hydrogen-bond acceptors (Lipinski definition) is 3. The summed E-state index contributed by atoms with van der Waals surface area (Å²) in [7, 11) is 0. The number of piperidine rings is 1. The minimum Gasteiger partial charge on any atom is -0.391 e. The van der Waals surface area contributed by atoms with Crippen LogP contribution in [0.3, 0.4) is 0 Å². The number of carbonyl (C=O) groups excluding carboxylic acids is 2. The minimum absolute atomic E-state index is 0.173. The SMILES string of the molecule is CCc1c(C(=O)N2CCC(C)C(O)C2)[nH]c(C)c1C(N)=O. The van der Waals surface area contributed by atoms with E-state index in [4.69, 9.17) is 5.73 Å². The number of H-pyrrole nitrogens is 1. The molecular formula is C15H23N3O3. The molecular weight excluding hydrogens is 270 g/mol. The number of aliphatic hydroxyl groups is 1. The van der Waals surface area contributed by atoms with Gasteiger partial charge < -0.3 is 20.7 Å². The van der Waals surface area contributed by atoms with Crippen molar-refractivity contribution in [2.45, 2.75) is 39.7 Å². The van der Waals surface area contributed by atoms with Gasteiger partial charge in [-0.1, -0.05) is 13.8 Å². The van der Waals surface area contributed by atoms with Gasteiger partial charge in [0.1, 0.15) is 5.69 Å². The molecule has 0 aromatic carbocycles. The molecule has 6 nitrogen and oxygen atoms in total. The van der Waals surface area contributed by atoms with Crippen molar-refractivity contribution in [3.8, 4) is 0 Å². The predicted octanol–water partition coefficient (Wildman–Crippen LogP) is 0.827. The quantitative estimate of drug-likeness (QED) is 0.769. The fraction of sp³-hybridized carbons (Fsp3) is 0.600. The number of nitrogens with one attached hydrogen (secondary N) is 1. The van der Waals surface area contributed by atoms with Gasteiger partial charge in [-0.05, 0) is 31.2 Å². The Balaban J connectivity index is 2.32. The van der Waals surface area contributed by atoms with Crippen molar-refractivity contribution >= 4 is 11.8 Å². The highest BCUT2D eigenvalue weighted by Gasteiger charge is 2.31. The Morgan fingerprint density at radius 1 is 1.48 bits per heavy atom. The van der Waals surface area contributed by atoms with E-state index in [1.807, 2.05) is 13.8 Å². The van der Waals surface area contributed by atoms with Crippen molar-refractivity contribution in [3.05, 3.63) is 22.5 Å². The van der Waals surface area contributed by atoms with Crippen LogP contribution in [-0.2, 0) is 6.42 Å². The number of β-amino-alcohol motifs (C(OH)–C–C–N with tert-alkyl or cyclic N) is 1. The molecule has 0 saturated carbocycles. The van der Waals surface area contributed by atoms with Crippen LogP contribution >= 0.6 is 0 Å². The maximum absolute atomic E-state index is 12.7. The monoisotopic (exact) mass is 293 g/mol. The molecule has 1 aliphatic rings. The Labute approximate surface area is 124 Å². The van der Waals surface area contributed by atoms with Gasteiger partial charge in [0.2, 0.25) is 0 Å². The Hall–Kier alpha value is -1.82. The summed E-state index contributed by atoms with van der Waals surface area (Å²) in [6, 6.07) is 0. The van der Waals surface area contributed by atoms with Crippen LogP contribution in [0.15, 0.2) is 0 Å². The average molecular weight is 293 g/mol. The van der Waals surface area contributed by atoms with E-state index in [0.717, 1.165) is 6.42 Å². The molecule has 1 aromatic rings. The number of amides is 2. The van der Waals surface area contributed by atoms with Crippen molar-refractivity contribution in [1.82, 2.24) is 9.88 Å². The summed E-state index contributed by atoms with van der Waals surface area (Å²) in [6.45, 7) is 6.55. The summed E-state index contributed by atoms with van der Waals surface area (Å²) >= 11 is 0. The van der Waals surface area contributed by atoms with Gasteiger partial charge in [0, 0.05) is 18.8 Å². The number of aromatic amines is 1. The molecule has 0 spiro atoms. The first-order chi connectivity index (χ1) is 9.86. The number of hydrogen-bond donors (Lipinski definition) is 3. The maximum Gasteiger partial charge on any atom is 0.270 e. The number of aryl methyl sites for hydroxylation is 1. The number of aromatic nitrogens is 1. The normalized spacial score (nSPS) is 22.4. The van der Waals surface area contributed by atoms with Crippen LogP contribution < -0.4 is 5.73 Å². The second-order valence-electron chi connectivity index (χ2n) is 5.78. The zero-order valence-corrected chi connectivity index (χ0v) is 12.8. The largest absolute Gasteiger partial charge is 0.391 e. The topological polar surface area (TPSA) is 99.4 Å². The maximum atomic E-state index is 12.7. The molecule has 0 radical (unpaired) electrons. The van der Waals surface area contributed by atoms with E-state index in [1.165, 1.54) is 0 Å². The molecule has 0 aliphatic carbocycles. The molecule has 2 amide bonds. The molecule has 2 unspecified atom stereocenters. The third kappa shape index (κ3) is 2.81. The van der Waals surface area contributed by atoms with Crippen molar-refractivity contribution in [2.24, 2.45) is 11.7 Å². The van der Waals surface area contributed by atoms with Gasteiger partial charge in [-0.15, -0.1) is 0 Å². The standard InChI is InChI=1S/C15H23N3O3/c1-4-10-12(14(16)20)9(3)17-13(10)15(21)18-6-5-8(2)11(19)7-18/h8,11,17,19H,4-7H2,1-3H3,(H2,16,20). The number of primary amides is 1. The van der Waals surface area contributed by atoms with E-state index in [0.29, 0.717) is 42.0 Å². The van der Waals surface area contributed by atoms with Crippen LogP contribution in [0, 0.1) is 12.8 Å². The van der Waals surface area contributed by atoms with Crippen LogP contribution in [0.4, 0.5) is 0 Å². The molecule has 1 aliphatic heterocycles. The Kier molecular flexibility index (Phi) is 4.37. The lowest BCUT2D eigenvalue weighted by Gasteiger charge is -2.34. The first kappa shape index (κ1) is 15.6. The molecule has 2 heterocycles. The van der Waals surface area contributed by atoms with E-state index in [9.17, 15) is 14.7 Å². The summed E-state index contributed by atoms with van der Waals surface area (Å²) in [5, 5.41) is 9.94. The summed E-state index contributed by atoms with van der Waals surface area (Å²) in [5.74, 6) is -0.494. The molecule has 4 N–H and O–H groups in total. The third-order valence-electron chi connectivity index (χ3n) is 4.31. The molecule has 116 valence electrons. The van der Waals surface area contributed by atoms with Crippen LogP contribution in [0.1, 0.15) is 52.4 Å². The summed E-state index contributed by atoms with van der Waals surface area (Å²) in [5.41, 5.74) is 7.51. The fourth-order valence-corrected chi connectivity index (χ4v) is 2.94. The Bertz CT molecular complexity index is 565. The molecule has 2 atom stereocenters. The highest BCUT2D eigenvalue weighted by Crippen LogP contribution is 2.23. The Morgan fingerprint density at radius 2 is 2.14 bits per heavy atom. The van der Waals surface area contributed by atoms with Gasteiger partial charge in [-0.3, -0.25) is 9.59 Å². The predicted molar refractivity (Wildman–Crippen MR) is 79.1 cm³/mol. The summed E-state index contributed by atoms with van der Waals surface area (Å²) in [4.78, 5) is 28.8. The van der Waals surface area contributed by atoms with Crippen molar-refractivity contribution in [3.63, 3.8) is 0 Å². The molecule has 1 fully saturated rings. The van der Waals surface area contributed by atoms with Gasteiger partial charge in [0.15, 0.2) is 0 Å². The van der Waals surface area contributed by atoms with E-state index < -0.39 is 12.0 Å². The molecule has 2 rings (SSSR count). The van der Waals surface area contributed by atoms with Crippen molar-refractivity contribution < 1.29 is 14.7 Å². The van der Waals surface area contributed by atoms with Crippen molar-refractivity contribution in [2.75, 3.05) is 13.1 Å². The fourth-order valence-electron chi connectivity index (χ4n) is 2.94. The zero-order chi connectivity index (χ0) is 15.7. The van der Waals surface area contributed by atoms with Crippen LogP contribution in [0.25, 0.3) is 0 Å². The minimum atomic E-state index is -0.521. The van der Waals surface area contributed by atoms with E-state index in [1.54, 1.807) is 11.8 Å². The van der Waals surface area contributed by atoms with E-state index in [-0.39, 0.29) is 11.8 Å². The van der Waals surface area contributed by atoms with Gasteiger partial charge in [-0.2, -0.15) is 0 Å². The molecule has 6 heteroatoms. The molecule has 0 bridgehead atoms.